The molecule has 0 bridgehead atoms. The van der Waals surface area contributed by atoms with E-state index in [1.807, 2.05) is 12.1 Å². The quantitative estimate of drug-likeness (QED) is 0.667. The second kappa shape index (κ2) is 7.23. The van der Waals surface area contributed by atoms with Crippen molar-refractivity contribution in [2.45, 2.75) is 6.42 Å². The van der Waals surface area contributed by atoms with Gasteiger partial charge in [-0.1, -0.05) is 23.7 Å². The molecule has 1 aliphatic rings. The zero-order chi connectivity index (χ0) is 16.9. The fourth-order valence-electron chi connectivity index (χ4n) is 2.17. The standard InChI is InChI=1S/C17H15ClN2O4/c1-22-13-4-2-11(3-5-13)6-17(21)20-19-9-12-7-15-16(8-14(12)18)24-10-23-15/h2-5,7-9H,6,10H2,1H3,(H,20,21)/b19-9-. The van der Waals surface area contributed by atoms with E-state index in [1.165, 1.54) is 6.21 Å². The van der Waals surface area contributed by atoms with Crippen molar-refractivity contribution in [3.63, 3.8) is 0 Å². The number of methoxy groups -OCH3 is 1. The van der Waals surface area contributed by atoms with Gasteiger partial charge in [0.1, 0.15) is 5.75 Å². The second-order valence-electron chi connectivity index (χ2n) is 5.05. The van der Waals surface area contributed by atoms with Crippen molar-refractivity contribution in [2.24, 2.45) is 5.10 Å². The lowest BCUT2D eigenvalue weighted by molar-refractivity contribution is -0.120. The van der Waals surface area contributed by atoms with Crippen LogP contribution in [0.2, 0.25) is 5.02 Å². The maximum Gasteiger partial charge on any atom is 0.244 e. The number of fused-ring (bicyclic) bond motifs is 1. The van der Waals surface area contributed by atoms with E-state index in [0.717, 1.165) is 11.3 Å². The molecule has 2 aromatic rings. The zero-order valence-corrected chi connectivity index (χ0v) is 13.7. The van der Waals surface area contributed by atoms with Gasteiger partial charge in [-0.05, 0) is 23.8 Å². The fourth-order valence-corrected chi connectivity index (χ4v) is 2.38. The van der Waals surface area contributed by atoms with Gasteiger partial charge in [0.15, 0.2) is 11.5 Å². The number of hydrazone groups is 1. The van der Waals surface area contributed by atoms with Crippen LogP contribution in [0.4, 0.5) is 0 Å². The number of hydrogen-bond acceptors (Lipinski definition) is 5. The lowest BCUT2D eigenvalue weighted by Crippen LogP contribution is -2.19. The van der Waals surface area contributed by atoms with Crippen molar-refractivity contribution >= 4 is 23.7 Å². The van der Waals surface area contributed by atoms with Crippen molar-refractivity contribution in [1.82, 2.24) is 5.43 Å². The Kier molecular flexibility index (Phi) is 4.86. The molecule has 7 heteroatoms. The van der Waals surface area contributed by atoms with Crippen LogP contribution >= 0.6 is 11.6 Å². The lowest BCUT2D eigenvalue weighted by Gasteiger charge is -2.03. The van der Waals surface area contributed by atoms with Gasteiger partial charge >= 0.3 is 0 Å². The van der Waals surface area contributed by atoms with E-state index in [4.69, 9.17) is 25.8 Å². The first-order valence-electron chi connectivity index (χ1n) is 7.19. The Hall–Kier alpha value is -2.73. The molecule has 1 N–H and O–H groups in total. The molecule has 124 valence electrons. The van der Waals surface area contributed by atoms with Crippen molar-refractivity contribution in [3.8, 4) is 17.2 Å². The van der Waals surface area contributed by atoms with Crippen LogP contribution in [0.15, 0.2) is 41.5 Å². The second-order valence-corrected chi connectivity index (χ2v) is 5.45. The summed E-state index contributed by atoms with van der Waals surface area (Å²) in [7, 11) is 1.59. The summed E-state index contributed by atoms with van der Waals surface area (Å²) in [6.45, 7) is 0.171. The predicted molar refractivity (Wildman–Crippen MR) is 90.0 cm³/mol. The highest BCUT2D eigenvalue weighted by Gasteiger charge is 2.15. The number of amides is 1. The van der Waals surface area contributed by atoms with E-state index in [2.05, 4.69) is 10.5 Å². The van der Waals surface area contributed by atoms with Crippen molar-refractivity contribution < 1.29 is 19.0 Å². The Morgan fingerprint density at radius 1 is 1.29 bits per heavy atom. The number of halogens is 1. The summed E-state index contributed by atoms with van der Waals surface area (Å²) < 4.78 is 15.6. The Balaban J connectivity index is 1.58. The van der Waals surface area contributed by atoms with E-state index < -0.39 is 0 Å². The number of carbonyl (C=O) groups excluding carboxylic acids is 1. The maximum absolute atomic E-state index is 11.9. The molecule has 0 aliphatic carbocycles. The Morgan fingerprint density at radius 3 is 2.71 bits per heavy atom. The third-order valence-corrected chi connectivity index (χ3v) is 3.74. The molecule has 0 spiro atoms. The van der Waals surface area contributed by atoms with Gasteiger partial charge in [-0.15, -0.1) is 0 Å². The third-order valence-electron chi connectivity index (χ3n) is 3.41. The van der Waals surface area contributed by atoms with Crippen LogP contribution in [0.25, 0.3) is 0 Å². The number of nitrogens with zero attached hydrogens (tertiary/aromatic N) is 1. The van der Waals surface area contributed by atoms with E-state index in [0.29, 0.717) is 22.1 Å². The highest BCUT2D eigenvalue weighted by atomic mass is 35.5. The summed E-state index contributed by atoms with van der Waals surface area (Å²) in [5.74, 6) is 1.72. The summed E-state index contributed by atoms with van der Waals surface area (Å²) in [6, 6.07) is 10.6. The van der Waals surface area contributed by atoms with E-state index in [9.17, 15) is 4.79 Å². The molecule has 1 aliphatic heterocycles. The summed E-state index contributed by atoms with van der Waals surface area (Å²) in [5.41, 5.74) is 3.97. The van der Waals surface area contributed by atoms with E-state index in [1.54, 1.807) is 31.4 Å². The van der Waals surface area contributed by atoms with Gasteiger partial charge in [0, 0.05) is 11.6 Å². The minimum absolute atomic E-state index is 0.171. The van der Waals surface area contributed by atoms with E-state index in [-0.39, 0.29) is 19.1 Å². The average molecular weight is 347 g/mol. The van der Waals surface area contributed by atoms with Crippen LogP contribution in [0, 0.1) is 0 Å². The van der Waals surface area contributed by atoms with Gasteiger partial charge in [-0.2, -0.15) is 5.10 Å². The molecule has 0 atom stereocenters. The summed E-state index contributed by atoms with van der Waals surface area (Å²) in [4.78, 5) is 11.9. The Labute approximate surface area is 144 Å². The van der Waals surface area contributed by atoms with Crippen molar-refractivity contribution in [3.05, 3.63) is 52.5 Å². The Bertz CT molecular complexity index is 775. The summed E-state index contributed by atoms with van der Waals surface area (Å²) in [6.07, 6.45) is 1.69. The molecule has 2 aromatic carbocycles. The smallest absolute Gasteiger partial charge is 0.244 e. The van der Waals surface area contributed by atoms with Crippen molar-refractivity contribution in [2.75, 3.05) is 13.9 Å². The van der Waals surface area contributed by atoms with Gasteiger partial charge in [0.05, 0.1) is 24.8 Å². The first-order chi connectivity index (χ1) is 11.7. The van der Waals surface area contributed by atoms with Gasteiger partial charge in [-0.25, -0.2) is 5.43 Å². The first kappa shape index (κ1) is 16.1. The van der Waals surface area contributed by atoms with Crippen LogP contribution in [0.3, 0.4) is 0 Å². The molecule has 1 heterocycles. The van der Waals surface area contributed by atoms with Gasteiger partial charge < -0.3 is 14.2 Å². The summed E-state index contributed by atoms with van der Waals surface area (Å²) >= 11 is 6.13. The summed E-state index contributed by atoms with van der Waals surface area (Å²) in [5, 5.41) is 4.39. The molecule has 0 saturated carbocycles. The monoisotopic (exact) mass is 346 g/mol. The minimum atomic E-state index is -0.228. The molecule has 24 heavy (non-hydrogen) atoms. The van der Waals surface area contributed by atoms with Gasteiger partial charge in [0.25, 0.3) is 0 Å². The minimum Gasteiger partial charge on any atom is -0.497 e. The number of rotatable bonds is 5. The number of nitrogens with one attached hydrogen (secondary N) is 1. The molecule has 0 aromatic heterocycles. The molecule has 1 amide bonds. The van der Waals surface area contributed by atoms with Gasteiger partial charge in [-0.3, -0.25) is 4.79 Å². The van der Waals surface area contributed by atoms with Crippen LogP contribution in [0.1, 0.15) is 11.1 Å². The molecule has 3 rings (SSSR count). The molecule has 0 unspecified atom stereocenters. The Morgan fingerprint density at radius 2 is 2.00 bits per heavy atom. The first-order valence-corrected chi connectivity index (χ1v) is 7.57. The highest BCUT2D eigenvalue weighted by molar-refractivity contribution is 6.33. The molecular weight excluding hydrogens is 332 g/mol. The molecule has 6 nitrogen and oxygen atoms in total. The number of benzene rings is 2. The lowest BCUT2D eigenvalue weighted by atomic mass is 10.1. The average Bonchev–Trinajstić information content (AvgIpc) is 3.02. The van der Waals surface area contributed by atoms with Crippen LogP contribution in [-0.4, -0.2) is 26.0 Å². The van der Waals surface area contributed by atoms with Crippen LogP contribution < -0.4 is 19.6 Å². The maximum atomic E-state index is 11.9. The largest absolute Gasteiger partial charge is 0.497 e. The molecule has 0 fully saturated rings. The molecular formula is C17H15ClN2O4. The topological polar surface area (TPSA) is 69.2 Å². The third kappa shape index (κ3) is 3.78. The van der Waals surface area contributed by atoms with Crippen LogP contribution in [-0.2, 0) is 11.2 Å². The predicted octanol–water partition coefficient (Wildman–Crippen LogP) is 2.77. The fraction of sp³-hybridized carbons (Fsp3) is 0.176. The van der Waals surface area contributed by atoms with Crippen LogP contribution in [0.5, 0.6) is 17.2 Å². The number of hydrogen-bond donors (Lipinski definition) is 1. The number of carbonyl (C=O) groups is 1. The SMILES string of the molecule is COc1ccc(CC(=O)N/N=C\c2cc3c(cc2Cl)OCO3)cc1. The number of ether oxygens (including phenoxy) is 3. The highest BCUT2D eigenvalue weighted by Crippen LogP contribution is 2.36. The normalized spacial score (nSPS) is 12.4. The molecule has 0 saturated heterocycles. The zero-order valence-electron chi connectivity index (χ0n) is 12.9. The van der Waals surface area contributed by atoms with Crippen molar-refractivity contribution in [1.29, 1.82) is 0 Å². The molecule has 0 radical (unpaired) electrons. The van der Waals surface area contributed by atoms with Gasteiger partial charge in [0.2, 0.25) is 12.7 Å². The van der Waals surface area contributed by atoms with E-state index >= 15 is 0 Å².